The molecule has 0 fully saturated rings. The minimum atomic E-state index is -0.951. The van der Waals surface area contributed by atoms with Crippen LogP contribution in [-0.4, -0.2) is 22.6 Å². The number of hydrogen-bond donors (Lipinski definition) is 2. The summed E-state index contributed by atoms with van der Waals surface area (Å²) in [7, 11) is 0. The Kier molecular flexibility index (Phi) is 4.35. The van der Waals surface area contributed by atoms with Crippen molar-refractivity contribution >= 4 is 23.4 Å². The number of halogens is 1. The van der Waals surface area contributed by atoms with Crippen LogP contribution in [0.25, 0.3) is 11.1 Å². The highest BCUT2D eigenvalue weighted by molar-refractivity contribution is 6.14. The Hall–Kier alpha value is -4.00. The predicted octanol–water partition coefficient (Wildman–Crippen LogP) is 2.97. The lowest BCUT2D eigenvalue weighted by Gasteiger charge is -2.17. The van der Waals surface area contributed by atoms with Crippen LogP contribution in [0.15, 0.2) is 60.7 Å². The molecule has 0 radical (unpaired) electrons. The fourth-order valence-electron chi connectivity index (χ4n) is 3.50. The number of para-hydroxylation sites is 1. The van der Waals surface area contributed by atoms with E-state index in [2.05, 4.69) is 0 Å². The summed E-state index contributed by atoms with van der Waals surface area (Å²) in [6, 6.07) is 15.6. The molecule has 0 unspecified atom stereocenters. The Bertz CT molecular complexity index is 1190. The van der Waals surface area contributed by atoms with Crippen LogP contribution >= 0.6 is 0 Å². The number of rotatable bonds is 3. The number of nitrogens with two attached hydrogens (primary N) is 2. The molecule has 3 aromatic carbocycles. The van der Waals surface area contributed by atoms with E-state index in [1.54, 1.807) is 42.5 Å². The van der Waals surface area contributed by atoms with Gasteiger partial charge in [0.05, 0.1) is 12.1 Å². The van der Waals surface area contributed by atoms with Crippen LogP contribution in [0.2, 0.25) is 0 Å². The van der Waals surface area contributed by atoms with Crippen molar-refractivity contribution in [2.24, 2.45) is 5.73 Å². The highest BCUT2D eigenvalue weighted by Crippen LogP contribution is 2.34. The molecule has 1 aliphatic heterocycles. The van der Waals surface area contributed by atoms with Gasteiger partial charge in [-0.1, -0.05) is 36.4 Å². The Morgan fingerprint density at radius 3 is 2.17 bits per heavy atom. The lowest BCUT2D eigenvalue weighted by Crippen LogP contribution is -2.32. The van der Waals surface area contributed by atoms with E-state index in [1.807, 2.05) is 0 Å². The molecule has 0 bridgehead atoms. The quantitative estimate of drug-likeness (QED) is 0.530. The third-order valence-electron chi connectivity index (χ3n) is 4.93. The van der Waals surface area contributed by atoms with Crippen molar-refractivity contribution in [3.05, 3.63) is 88.7 Å². The molecule has 0 aromatic heterocycles. The van der Waals surface area contributed by atoms with E-state index in [0.29, 0.717) is 11.1 Å². The van der Waals surface area contributed by atoms with Crippen LogP contribution in [0.5, 0.6) is 0 Å². The van der Waals surface area contributed by atoms with E-state index < -0.39 is 23.5 Å². The number of nitrogens with zero attached hydrogens (tertiary/aromatic N) is 1. The van der Waals surface area contributed by atoms with Crippen molar-refractivity contribution in [1.82, 2.24) is 4.90 Å². The van der Waals surface area contributed by atoms with Crippen molar-refractivity contribution in [1.29, 1.82) is 0 Å². The predicted molar refractivity (Wildman–Crippen MR) is 105 cm³/mol. The second kappa shape index (κ2) is 6.87. The van der Waals surface area contributed by atoms with Gasteiger partial charge in [0.1, 0.15) is 5.82 Å². The lowest BCUT2D eigenvalue weighted by atomic mass is 9.94. The fraction of sp³-hybridized carbons (Fsp3) is 0.0455. The zero-order valence-electron chi connectivity index (χ0n) is 15.2. The second-order valence-corrected chi connectivity index (χ2v) is 6.65. The number of amides is 3. The molecule has 0 spiro atoms. The van der Waals surface area contributed by atoms with Gasteiger partial charge in [0.15, 0.2) is 0 Å². The van der Waals surface area contributed by atoms with Gasteiger partial charge >= 0.3 is 0 Å². The molecule has 1 heterocycles. The Morgan fingerprint density at radius 2 is 1.52 bits per heavy atom. The molecule has 29 heavy (non-hydrogen) atoms. The molecular formula is C22H16FN3O3. The number of hydrogen-bond acceptors (Lipinski definition) is 4. The van der Waals surface area contributed by atoms with Gasteiger partial charge in [0, 0.05) is 27.9 Å². The molecule has 1 aliphatic rings. The van der Waals surface area contributed by atoms with Crippen LogP contribution in [-0.2, 0) is 6.54 Å². The van der Waals surface area contributed by atoms with Crippen molar-refractivity contribution in [3.63, 3.8) is 0 Å². The van der Waals surface area contributed by atoms with Gasteiger partial charge in [0.2, 0.25) is 5.91 Å². The summed E-state index contributed by atoms with van der Waals surface area (Å²) < 4.78 is 15.5. The first-order valence-corrected chi connectivity index (χ1v) is 8.81. The summed E-state index contributed by atoms with van der Waals surface area (Å²) in [5, 5.41) is 0. The molecule has 4 N–H and O–H groups in total. The summed E-state index contributed by atoms with van der Waals surface area (Å²) in [5.74, 6) is -3.10. The fourth-order valence-corrected chi connectivity index (χ4v) is 3.50. The summed E-state index contributed by atoms with van der Waals surface area (Å²) >= 11 is 0. The van der Waals surface area contributed by atoms with E-state index in [-0.39, 0.29) is 34.5 Å². The van der Waals surface area contributed by atoms with Gasteiger partial charge in [0.25, 0.3) is 11.8 Å². The van der Waals surface area contributed by atoms with Crippen molar-refractivity contribution in [3.8, 4) is 11.1 Å². The summed E-state index contributed by atoms with van der Waals surface area (Å²) in [6.07, 6.45) is 0. The van der Waals surface area contributed by atoms with Crippen LogP contribution in [0, 0.1) is 5.82 Å². The molecular weight excluding hydrogens is 373 g/mol. The smallest absolute Gasteiger partial charge is 0.264 e. The molecule has 0 saturated carbocycles. The zero-order valence-corrected chi connectivity index (χ0v) is 15.2. The summed E-state index contributed by atoms with van der Waals surface area (Å²) in [4.78, 5) is 38.4. The minimum Gasteiger partial charge on any atom is -0.398 e. The molecule has 0 atom stereocenters. The Balaban J connectivity index is 1.83. The molecule has 6 nitrogen and oxygen atoms in total. The largest absolute Gasteiger partial charge is 0.398 e. The number of carbonyl (C=O) groups is 3. The number of primary amides is 1. The maximum atomic E-state index is 15.5. The normalized spacial score (nSPS) is 12.7. The van der Waals surface area contributed by atoms with E-state index in [4.69, 9.17) is 11.5 Å². The lowest BCUT2D eigenvalue weighted by molar-refractivity contribution is 0.0627. The van der Waals surface area contributed by atoms with Gasteiger partial charge < -0.3 is 11.5 Å². The maximum Gasteiger partial charge on any atom is 0.264 e. The number of anilines is 1. The van der Waals surface area contributed by atoms with Crippen molar-refractivity contribution in [2.75, 3.05) is 5.73 Å². The molecule has 144 valence electrons. The standard InChI is InChI=1S/C22H16FN3O3/c23-19-16(22(29)26-11-12-5-1-2-6-13(12)21(26)28)10-9-15(20(25)27)18(19)14-7-3-4-8-17(14)24/h1-10H,11,24H2,(H2,25,27). The van der Waals surface area contributed by atoms with Gasteiger partial charge in [-0.25, -0.2) is 4.39 Å². The first kappa shape index (κ1) is 18.4. The molecule has 3 aromatic rings. The van der Waals surface area contributed by atoms with Crippen LogP contribution in [0.3, 0.4) is 0 Å². The monoisotopic (exact) mass is 389 g/mol. The maximum absolute atomic E-state index is 15.5. The Morgan fingerprint density at radius 1 is 0.897 bits per heavy atom. The minimum absolute atomic E-state index is 0.0493. The van der Waals surface area contributed by atoms with Crippen LogP contribution < -0.4 is 11.5 Å². The van der Waals surface area contributed by atoms with E-state index >= 15 is 4.39 Å². The third-order valence-corrected chi connectivity index (χ3v) is 4.93. The average Bonchev–Trinajstić information content (AvgIpc) is 3.05. The molecule has 4 rings (SSSR count). The highest BCUT2D eigenvalue weighted by atomic mass is 19.1. The number of fused-ring (bicyclic) bond motifs is 1. The number of carbonyl (C=O) groups excluding carboxylic acids is 3. The van der Waals surface area contributed by atoms with Crippen molar-refractivity contribution in [2.45, 2.75) is 6.54 Å². The number of imide groups is 1. The van der Waals surface area contributed by atoms with Gasteiger partial charge in [-0.2, -0.15) is 0 Å². The van der Waals surface area contributed by atoms with E-state index in [0.717, 1.165) is 11.0 Å². The first-order chi connectivity index (χ1) is 13.9. The van der Waals surface area contributed by atoms with Crippen LogP contribution in [0.4, 0.5) is 10.1 Å². The van der Waals surface area contributed by atoms with Gasteiger partial charge in [-0.3, -0.25) is 19.3 Å². The highest BCUT2D eigenvalue weighted by Gasteiger charge is 2.34. The van der Waals surface area contributed by atoms with Gasteiger partial charge in [-0.05, 0) is 29.8 Å². The van der Waals surface area contributed by atoms with Crippen molar-refractivity contribution < 1.29 is 18.8 Å². The molecule has 0 saturated heterocycles. The molecule has 3 amide bonds. The Labute approximate surface area is 165 Å². The first-order valence-electron chi connectivity index (χ1n) is 8.81. The second-order valence-electron chi connectivity index (χ2n) is 6.65. The van der Waals surface area contributed by atoms with E-state index in [1.165, 1.54) is 12.1 Å². The zero-order chi connectivity index (χ0) is 20.7. The number of nitrogen functional groups attached to an aromatic ring is 1. The summed E-state index contributed by atoms with van der Waals surface area (Å²) in [5.41, 5.74) is 12.3. The third kappa shape index (κ3) is 2.93. The van der Waals surface area contributed by atoms with E-state index in [9.17, 15) is 14.4 Å². The topological polar surface area (TPSA) is 106 Å². The molecule has 7 heteroatoms. The van der Waals surface area contributed by atoms with Crippen LogP contribution in [0.1, 0.15) is 36.6 Å². The van der Waals surface area contributed by atoms with Gasteiger partial charge in [-0.15, -0.1) is 0 Å². The SMILES string of the molecule is NC(=O)c1ccc(C(=O)N2Cc3ccccc3C2=O)c(F)c1-c1ccccc1N. The summed E-state index contributed by atoms with van der Waals surface area (Å²) in [6.45, 7) is 0.0493. The average molecular weight is 389 g/mol. The number of benzene rings is 3. The molecule has 0 aliphatic carbocycles.